The molecule has 0 bridgehead atoms. The average Bonchev–Trinajstić information content (AvgIpc) is 3.86. The normalized spacial score (nSPS) is 14.2. The second-order valence-corrected chi connectivity index (χ2v) is 12.1. The van der Waals surface area contributed by atoms with Crippen LogP contribution in [0.5, 0.6) is 11.5 Å². The van der Waals surface area contributed by atoms with E-state index in [9.17, 15) is 18.4 Å². The second kappa shape index (κ2) is 14.1. The van der Waals surface area contributed by atoms with Gasteiger partial charge in [-0.1, -0.05) is 36.0 Å². The Hall–Kier alpha value is -5.08. The maximum absolute atomic E-state index is 13.9. The Kier molecular flexibility index (Phi) is 9.59. The number of thioether (sulfide) groups is 1. The van der Waals surface area contributed by atoms with Crippen molar-refractivity contribution >= 4 is 40.6 Å². The molecule has 0 aliphatic carbocycles. The number of amides is 2. The Morgan fingerprint density at radius 1 is 0.979 bits per heavy atom. The molecule has 2 amide bonds. The quantitative estimate of drug-likeness (QED) is 0.171. The first-order valence-electron chi connectivity index (χ1n) is 14.4. The third kappa shape index (κ3) is 6.88. The molecule has 240 valence electrons. The molecule has 0 radical (unpaired) electrons. The van der Waals surface area contributed by atoms with E-state index in [0.29, 0.717) is 34.6 Å². The molecule has 1 aliphatic heterocycles. The number of benzene rings is 3. The van der Waals surface area contributed by atoms with Gasteiger partial charge in [0.15, 0.2) is 22.5 Å². The molecule has 0 unspecified atom stereocenters. The number of nitrogens with one attached hydrogen (secondary N) is 1. The van der Waals surface area contributed by atoms with E-state index >= 15 is 0 Å². The number of carbonyl (C=O) groups is 2. The largest absolute Gasteiger partial charge is 0.493 e. The summed E-state index contributed by atoms with van der Waals surface area (Å²) in [6.45, 7) is -0.0630. The van der Waals surface area contributed by atoms with Crippen LogP contribution < -0.4 is 14.8 Å². The van der Waals surface area contributed by atoms with Crippen molar-refractivity contribution in [2.24, 2.45) is 5.10 Å². The predicted octanol–water partition coefficient (Wildman–Crippen LogP) is 6.02. The van der Waals surface area contributed by atoms with Crippen LogP contribution in [0.4, 0.5) is 8.78 Å². The van der Waals surface area contributed by atoms with Gasteiger partial charge in [-0.05, 0) is 60.0 Å². The highest BCUT2D eigenvalue weighted by Crippen LogP contribution is 2.42. The fourth-order valence-electron chi connectivity index (χ4n) is 5.19. The molecule has 3 aromatic carbocycles. The monoisotopic (exact) mass is 674 g/mol. The Balaban J connectivity index is 1.26. The van der Waals surface area contributed by atoms with Gasteiger partial charge in [0, 0.05) is 23.2 Å². The van der Waals surface area contributed by atoms with Crippen LogP contribution in [0.25, 0.3) is 5.69 Å². The molecule has 14 heteroatoms. The SMILES string of the molecule is COc1cccc([C@H]2CC(c3cccs3)=NN2C(=O)CSc2nnc(CNC(=O)c3cccc(F)c3)n2-c2ccc(F)cc2)c1OC. The van der Waals surface area contributed by atoms with E-state index in [0.717, 1.165) is 34.0 Å². The summed E-state index contributed by atoms with van der Waals surface area (Å²) < 4.78 is 40.3. The van der Waals surface area contributed by atoms with E-state index in [1.165, 1.54) is 35.3 Å². The van der Waals surface area contributed by atoms with Gasteiger partial charge in [0.1, 0.15) is 11.6 Å². The molecule has 6 rings (SSSR count). The number of halogens is 2. The van der Waals surface area contributed by atoms with Gasteiger partial charge in [-0.3, -0.25) is 14.2 Å². The molecule has 2 aromatic heterocycles. The highest BCUT2D eigenvalue weighted by Gasteiger charge is 2.36. The fourth-order valence-corrected chi connectivity index (χ4v) is 6.73. The molecule has 0 saturated carbocycles. The summed E-state index contributed by atoms with van der Waals surface area (Å²) in [7, 11) is 3.11. The molecular formula is C33H28F2N6O4S2. The summed E-state index contributed by atoms with van der Waals surface area (Å²) in [5, 5.41) is 19.8. The van der Waals surface area contributed by atoms with Gasteiger partial charge in [-0.15, -0.1) is 21.5 Å². The van der Waals surface area contributed by atoms with Crippen LogP contribution in [0, 0.1) is 11.6 Å². The lowest BCUT2D eigenvalue weighted by molar-refractivity contribution is -0.130. The summed E-state index contributed by atoms with van der Waals surface area (Å²) in [6.07, 6.45) is 0.474. The van der Waals surface area contributed by atoms with E-state index < -0.39 is 23.6 Å². The van der Waals surface area contributed by atoms with Crippen molar-refractivity contribution in [1.82, 2.24) is 25.1 Å². The van der Waals surface area contributed by atoms with Gasteiger partial charge in [0.25, 0.3) is 11.8 Å². The second-order valence-electron chi connectivity index (χ2n) is 10.3. The Labute approximate surface area is 277 Å². The van der Waals surface area contributed by atoms with Crippen molar-refractivity contribution in [3.8, 4) is 17.2 Å². The lowest BCUT2D eigenvalue weighted by Crippen LogP contribution is -2.29. The van der Waals surface area contributed by atoms with Crippen molar-refractivity contribution in [2.75, 3.05) is 20.0 Å². The first-order chi connectivity index (χ1) is 22.9. The topological polar surface area (TPSA) is 111 Å². The van der Waals surface area contributed by atoms with E-state index in [4.69, 9.17) is 14.6 Å². The van der Waals surface area contributed by atoms with Gasteiger partial charge in [-0.25, -0.2) is 13.8 Å². The summed E-state index contributed by atoms with van der Waals surface area (Å²) in [5.41, 5.74) is 2.21. The number of hydrogen-bond donors (Lipinski definition) is 1. The van der Waals surface area contributed by atoms with Crippen molar-refractivity contribution < 1.29 is 27.8 Å². The summed E-state index contributed by atoms with van der Waals surface area (Å²) >= 11 is 2.67. The Morgan fingerprint density at radius 3 is 2.51 bits per heavy atom. The van der Waals surface area contributed by atoms with Crippen molar-refractivity contribution in [2.45, 2.75) is 24.2 Å². The van der Waals surface area contributed by atoms with E-state index in [-0.39, 0.29) is 23.8 Å². The molecule has 47 heavy (non-hydrogen) atoms. The number of thiophene rings is 1. The number of hydrazone groups is 1. The van der Waals surface area contributed by atoms with Crippen LogP contribution in [-0.4, -0.2) is 57.3 Å². The van der Waals surface area contributed by atoms with Crippen LogP contribution in [0.15, 0.2) is 94.5 Å². The minimum absolute atomic E-state index is 0.0566. The molecule has 0 saturated heterocycles. The van der Waals surface area contributed by atoms with E-state index in [1.807, 2.05) is 29.6 Å². The lowest BCUT2D eigenvalue weighted by Gasteiger charge is -2.24. The Bertz CT molecular complexity index is 1930. The maximum Gasteiger partial charge on any atom is 0.253 e. The standard InChI is InChI=1S/C33H28F2N6O4S2/c1-44-27-9-4-8-24(31(27)45-2)26-17-25(28-10-5-15-46-28)39-41(26)30(42)19-47-33-38-37-29(40(33)23-13-11-21(34)12-14-23)18-36-32(43)20-6-3-7-22(35)16-20/h3-16,26H,17-19H2,1-2H3,(H,36,43)/t26-/m1/s1. The molecule has 0 fully saturated rings. The van der Waals surface area contributed by atoms with Crippen LogP contribution in [0.1, 0.15) is 39.1 Å². The molecule has 1 aliphatic rings. The van der Waals surface area contributed by atoms with Crippen LogP contribution in [0.3, 0.4) is 0 Å². The third-order valence-corrected chi connectivity index (χ3v) is 9.20. The number of hydrogen-bond acceptors (Lipinski definition) is 9. The van der Waals surface area contributed by atoms with E-state index in [2.05, 4.69) is 15.5 Å². The number of methoxy groups -OCH3 is 2. The van der Waals surface area contributed by atoms with Crippen molar-refractivity contribution in [1.29, 1.82) is 0 Å². The number of rotatable bonds is 11. The van der Waals surface area contributed by atoms with Gasteiger partial charge in [0.05, 0.1) is 43.1 Å². The zero-order valence-electron chi connectivity index (χ0n) is 25.2. The molecule has 1 atom stereocenters. The first kappa shape index (κ1) is 31.9. The summed E-state index contributed by atoms with van der Waals surface area (Å²) in [5.74, 6) is -0.420. The Morgan fingerprint density at radius 2 is 1.79 bits per heavy atom. The number of carbonyl (C=O) groups excluding carboxylic acids is 2. The number of nitrogens with zero attached hydrogens (tertiary/aromatic N) is 5. The van der Waals surface area contributed by atoms with Gasteiger partial charge in [-0.2, -0.15) is 5.10 Å². The molecule has 1 N–H and O–H groups in total. The smallest absolute Gasteiger partial charge is 0.253 e. The zero-order chi connectivity index (χ0) is 32.9. The highest BCUT2D eigenvalue weighted by molar-refractivity contribution is 7.99. The minimum atomic E-state index is -0.535. The summed E-state index contributed by atoms with van der Waals surface area (Å²) in [4.78, 5) is 27.6. The van der Waals surface area contributed by atoms with Gasteiger partial charge in [0.2, 0.25) is 0 Å². The first-order valence-corrected chi connectivity index (χ1v) is 16.2. The molecule has 0 spiro atoms. The maximum atomic E-state index is 13.9. The van der Waals surface area contributed by atoms with Crippen LogP contribution >= 0.6 is 23.1 Å². The number of ether oxygens (including phenoxy) is 2. The molecule has 3 heterocycles. The van der Waals surface area contributed by atoms with Gasteiger partial charge < -0.3 is 14.8 Å². The average molecular weight is 675 g/mol. The molecular weight excluding hydrogens is 647 g/mol. The molecule has 10 nitrogen and oxygen atoms in total. The minimum Gasteiger partial charge on any atom is -0.493 e. The van der Waals surface area contributed by atoms with Crippen LogP contribution in [-0.2, 0) is 11.3 Å². The molecule has 5 aromatic rings. The zero-order valence-corrected chi connectivity index (χ0v) is 26.9. The number of aromatic nitrogens is 3. The lowest BCUT2D eigenvalue weighted by atomic mass is 9.99. The van der Waals surface area contributed by atoms with Crippen LogP contribution in [0.2, 0.25) is 0 Å². The predicted molar refractivity (Wildman–Crippen MR) is 174 cm³/mol. The fraction of sp³-hybridized carbons (Fsp3) is 0.182. The number of para-hydroxylation sites is 1. The third-order valence-electron chi connectivity index (χ3n) is 7.37. The van der Waals surface area contributed by atoms with Crippen molar-refractivity contribution in [3.05, 3.63) is 118 Å². The van der Waals surface area contributed by atoms with E-state index in [1.54, 1.807) is 48.3 Å². The highest BCUT2D eigenvalue weighted by atomic mass is 32.2. The van der Waals surface area contributed by atoms with Gasteiger partial charge >= 0.3 is 0 Å². The van der Waals surface area contributed by atoms with Crippen molar-refractivity contribution in [3.63, 3.8) is 0 Å². The summed E-state index contributed by atoms with van der Waals surface area (Å²) in [6, 6.07) is 20.0.